The molecule has 0 atom stereocenters. The number of halogens is 5. The van der Waals surface area contributed by atoms with E-state index in [1.807, 2.05) is 0 Å². The molecule has 2 rings (SSSR count). The summed E-state index contributed by atoms with van der Waals surface area (Å²) in [4.78, 5) is 0. The summed E-state index contributed by atoms with van der Waals surface area (Å²) in [5.74, 6) is -2.80. The van der Waals surface area contributed by atoms with E-state index in [-0.39, 0.29) is 16.7 Å². The first-order valence-corrected chi connectivity index (χ1v) is 5.55. The van der Waals surface area contributed by atoms with Gasteiger partial charge >= 0.3 is 6.36 Å². The fourth-order valence-corrected chi connectivity index (χ4v) is 1.69. The summed E-state index contributed by atoms with van der Waals surface area (Å²) in [7, 11) is 0. The second kappa shape index (κ2) is 5.40. The first-order chi connectivity index (χ1) is 9.80. The van der Waals surface area contributed by atoms with Gasteiger partial charge in [0.25, 0.3) is 0 Å². The third kappa shape index (κ3) is 3.48. The van der Waals surface area contributed by atoms with Crippen molar-refractivity contribution in [1.82, 2.24) is 0 Å². The minimum Gasteiger partial charge on any atom is -0.404 e. The predicted octanol–water partition coefficient (Wildman–Crippen LogP) is 4.40. The van der Waals surface area contributed by atoms with Gasteiger partial charge in [0.05, 0.1) is 5.56 Å². The highest BCUT2D eigenvalue weighted by atomic mass is 19.4. The molecule has 2 aromatic carbocycles. The van der Waals surface area contributed by atoms with Crippen molar-refractivity contribution in [3.63, 3.8) is 0 Å². The van der Waals surface area contributed by atoms with E-state index in [9.17, 15) is 22.0 Å². The molecule has 0 saturated carbocycles. The zero-order chi connectivity index (χ0) is 15.6. The molecule has 0 saturated heterocycles. The van der Waals surface area contributed by atoms with Crippen molar-refractivity contribution in [2.75, 3.05) is 0 Å². The van der Waals surface area contributed by atoms with E-state index in [0.29, 0.717) is 0 Å². The highest BCUT2D eigenvalue weighted by molar-refractivity contribution is 5.67. The predicted molar refractivity (Wildman–Crippen MR) is 63.2 cm³/mol. The molecule has 0 aliphatic rings. The van der Waals surface area contributed by atoms with Gasteiger partial charge in [0.15, 0.2) is 11.6 Å². The summed E-state index contributed by atoms with van der Waals surface area (Å²) >= 11 is 0. The maximum Gasteiger partial charge on any atom is 0.573 e. The third-order valence-electron chi connectivity index (χ3n) is 2.58. The lowest BCUT2D eigenvalue weighted by Gasteiger charge is -2.11. The van der Waals surface area contributed by atoms with Crippen molar-refractivity contribution in [2.45, 2.75) is 6.36 Å². The molecule has 0 N–H and O–H groups in total. The molecule has 21 heavy (non-hydrogen) atoms. The molecule has 0 bridgehead atoms. The average molecular weight is 299 g/mol. The van der Waals surface area contributed by atoms with E-state index in [2.05, 4.69) is 4.74 Å². The quantitative estimate of drug-likeness (QED) is 0.770. The summed E-state index contributed by atoms with van der Waals surface area (Å²) in [6.45, 7) is 0. The molecule has 0 spiro atoms. The Morgan fingerprint density at radius 3 is 2.10 bits per heavy atom. The first-order valence-electron chi connectivity index (χ1n) is 5.55. The number of hydrogen-bond donors (Lipinski definition) is 0. The van der Waals surface area contributed by atoms with Crippen LogP contribution in [0.1, 0.15) is 5.56 Å². The summed E-state index contributed by atoms with van der Waals surface area (Å²) < 4.78 is 66.1. The smallest absolute Gasteiger partial charge is 0.404 e. The van der Waals surface area contributed by atoms with Gasteiger partial charge < -0.3 is 4.74 Å². The van der Waals surface area contributed by atoms with Crippen LogP contribution in [0.4, 0.5) is 22.0 Å². The lowest BCUT2D eigenvalue weighted by Crippen LogP contribution is -2.17. The van der Waals surface area contributed by atoms with Gasteiger partial charge in [0.2, 0.25) is 0 Å². The van der Waals surface area contributed by atoms with E-state index in [4.69, 9.17) is 5.26 Å². The zero-order valence-corrected chi connectivity index (χ0v) is 10.2. The van der Waals surface area contributed by atoms with Crippen LogP contribution in [0.15, 0.2) is 36.4 Å². The minimum absolute atomic E-state index is 0.226. The van der Waals surface area contributed by atoms with Crippen LogP contribution in [-0.4, -0.2) is 6.36 Å². The Balaban J connectivity index is 2.44. The lowest BCUT2D eigenvalue weighted by molar-refractivity contribution is -0.274. The Hall–Kier alpha value is -2.62. The molecular weight excluding hydrogens is 293 g/mol. The van der Waals surface area contributed by atoms with Gasteiger partial charge in [0.1, 0.15) is 11.8 Å². The maximum atomic E-state index is 13.1. The van der Waals surface area contributed by atoms with Crippen LogP contribution >= 0.6 is 0 Å². The lowest BCUT2D eigenvalue weighted by atomic mass is 10.0. The minimum atomic E-state index is -4.92. The third-order valence-corrected chi connectivity index (χ3v) is 2.58. The number of ether oxygens (including phenoxy) is 1. The van der Waals surface area contributed by atoms with Crippen LogP contribution < -0.4 is 4.74 Å². The van der Waals surface area contributed by atoms with Gasteiger partial charge in [-0.15, -0.1) is 13.2 Å². The number of rotatable bonds is 2. The standard InChI is InChI=1S/C14H6F5NO/c15-11-3-1-9(6-12(11)16)8-2-4-13(10(5-8)7-20)21-14(17,18)19/h1-6H. The fraction of sp³-hybridized carbons (Fsp3) is 0.0714. The van der Waals surface area contributed by atoms with Crippen molar-refractivity contribution in [3.05, 3.63) is 53.6 Å². The van der Waals surface area contributed by atoms with Crippen LogP contribution in [0.2, 0.25) is 0 Å². The van der Waals surface area contributed by atoms with Crippen molar-refractivity contribution in [1.29, 1.82) is 5.26 Å². The molecule has 0 radical (unpaired) electrons. The Labute approximate surface area is 116 Å². The van der Waals surface area contributed by atoms with Gasteiger partial charge in [-0.2, -0.15) is 5.26 Å². The zero-order valence-electron chi connectivity index (χ0n) is 10.2. The van der Waals surface area contributed by atoms with Gasteiger partial charge in [-0.25, -0.2) is 8.78 Å². The summed E-state index contributed by atoms with van der Waals surface area (Å²) in [5, 5.41) is 8.85. The SMILES string of the molecule is N#Cc1cc(-c2ccc(F)c(F)c2)ccc1OC(F)(F)F. The Kier molecular flexibility index (Phi) is 3.80. The average Bonchev–Trinajstić information content (AvgIpc) is 2.40. The second-order valence-corrected chi connectivity index (χ2v) is 4.00. The molecule has 7 heteroatoms. The molecule has 0 aromatic heterocycles. The van der Waals surface area contributed by atoms with Gasteiger partial charge in [-0.3, -0.25) is 0 Å². The van der Waals surface area contributed by atoms with Crippen LogP contribution in [-0.2, 0) is 0 Å². The fourth-order valence-electron chi connectivity index (χ4n) is 1.69. The summed E-state index contributed by atoms with van der Waals surface area (Å²) in [6, 6.07) is 7.85. The number of nitriles is 1. The van der Waals surface area contributed by atoms with Gasteiger partial charge in [0, 0.05) is 0 Å². The molecule has 0 aliphatic carbocycles. The summed E-state index contributed by atoms with van der Waals surface area (Å²) in [5.41, 5.74) is 0.124. The number of benzene rings is 2. The van der Waals surface area contributed by atoms with E-state index in [1.54, 1.807) is 6.07 Å². The molecule has 0 heterocycles. The van der Waals surface area contributed by atoms with E-state index >= 15 is 0 Å². The number of alkyl halides is 3. The van der Waals surface area contributed by atoms with Crippen molar-refractivity contribution >= 4 is 0 Å². The Morgan fingerprint density at radius 1 is 0.905 bits per heavy atom. The number of hydrogen-bond acceptors (Lipinski definition) is 2. The molecule has 2 nitrogen and oxygen atoms in total. The van der Waals surface area contributed by atoms with Crippen LogP contribution in [0.25, 0.3) is 11.1 Å². The largest absolute Gasteiger partial charge is 0.573 e. The van der Waals surface area contributed by atoms with Crippen LogP contribution in [0.5, 0.6) is 5.75 Å². The topological polar surface area (TPSA) is 33.0 Å². The van der Waals surface area contributed by atoms with Gasteiger partial charge in [-0.05, 0) is 35.4 Å². The van der Waals surface area contributed by atoms with Crippen molar-refractivity contribution in [2.24, 2.45) is 0 Å². The Morgan fingerprint density at radius 2 is 1.52 bits per heavy atom. The van der Waals surface area contributed by atoms with Crippen molar-refractivity contribution in [3.8, 4) is 22.9 Å². The molecule has 0 fully saturated rings. The summed E-state index contributed by atoms with van der Waals surface area (Å²) in [6.07, 6.45) is -4.92. The molecule has 0 aliphatic heterocycles. The maximum absolute atomic E-state index is 13.1. The highest BCUT2D eigenvalue weighted by Crippen LogP contribution is 2.30. The molecule has 0 amide bonds. The van der Waals surface area contributed by atoms with Crippen LogP contribution in [0.3, 0.4) is 0 Å². The van der Waals surface area contributed by atoms with E-state index < -0.39 is 23.7 Å². The van der Waals surface area contributed by atoms with Crippen LogP contribution in [0, 0.1) is 23.0 Å². The highest BCUT2D eigenvalue weighted by Gasteiger charge is 2.32. The van der Waals surface area contributed by atoms with E-state index in [0.717, 1.165) is 24.3 Å². The molecule has 2 aromatic rings. The molecule has 0 unspecified atom stereocenters. The number of nitrogens with zero attached hydrogens (tertiary/aromatic N) is 1. The Bertz CT molecular complexity index is 718. The normalized spacial score (nSPS) is 11.0. The van der Waals surface area contributed by atoms with E-state index in [1.165, 1.54) is 12.1 Å². The molecule has 108 valence electrons. The first kappa shape index (κ1) is 14.8. The second-order valence-electron chi connectivity index (χ2n) is 4.00. The molecular formula is C14H6F5NO. The van der Waals surface area contributed by atoms with Gasteiger partial charge in [-0.1, -0.05) is 12.1 Å². The monoisotopic (exact) mass is 299 g/mol. The van der Waals surface area contributed by atoms with Crippen molar-refractivity contribution < 1.29 is 26.7 Å².